The van der Waals surface area contributed by atoms with Crippen LogP contribution in [0.1, 0.15) is 35.8 Å². The minimum atomic E-state index is -0.398. The van der Waals surface area contributed by atoms with Crippen molar-refractivity contribution in [1.82, 2.24) is 18.9 Å². The molecule has 0 amide bonds. The summed E-state index contributed by atoms with van der Waals surface area (Å²) in [5, 5.41) is 0. The summed E-state index contributed by atoms with van der Waals surface area (Å²) in [4.78, 5) is 21.3. The Morgan fingerprint density at radius 2 is 2.07 bits per heavy atom. The molecule has 0 atom stereocenters. The van der Waals surface area contributed by atoms with Crippen LogP contribution in [0.4, 0.5) is 4.39 Å². The van der Waals surface area contributed by atoms with E-state index in [1.165, 1.54) is 25.0 Å². The molecule has 1 saturated carbocycles. The monoisotopic (exact) mass is 390 g/mol. The van der Waals surface area contributed by atoms with Crippen LogP contribution in [0.3, 0.4) is 0 Å². The van der Waals surface area contributed by atoms with E-state index in [2.05, 4.69) is 11.9 Å². The maximum Gasteiger partial charge on any atom is 0.258 e. The molecular weight excluding hydrogens is 371 g/mol. The van der Waals surface area contributed by atoms with E-state index >= 15 is 0 Å². The lowest BCUT2D eigenvalue weighted by Gasteiger charge is -2.09. The molecule has 0 radical (unpaired) electrons. The Morgan fingerprint density at radius 1 is 1.21 bits per heavy atom. The lowest BCUT2D eigenvalue weighted by Crippen LogP contribution is -2.17. The van der Waals surface area contributed by atoms with Gasteiger partial charge in [-0.15, -0.1) is 0 Å². The van der Waals surface area contributed by atoms with E-state index in [0.717, 1.165) is 28.9 Å². The van der Waals surface area contributed by atoms with E-state index in [0.29, 0.717) is 17.4 Å². The van der Waals surface area contributed by atoms with Crippen LogP contribution in [-0.4, -0.2) is 18.9 Å². The fourth-order valence-corrected chi connectivity index (χ4v) is 3.47. The minimum Gasteiger partial charge on any atom is -0.487 e. The number of nitrogens with zero attached hydrogens (tertiary/aromatic N) is 4. The second-order valence-corrected chi connectivity index (χ2v) is 7.30. The summed E-state index contributed by atoms with van der Waals surface area (Å²) in [5.41, 5.74) is 4.33. The molecule has 0 aromatic carbocycles. The number of pyridine rings is 3. The van der Waals surface area contributed by atoms with Gasteiger partial charge >= 0.3 is 0 Å². The summed E-state index contributed by atoms with van der Waals surface area (Å²) in [6, 6.07) is 9.87. The molecule has 29 heavy (non-hydrogen) atoms. The molecule has 0 N–H and O–H groups in total. The van der Waals surface area contributed by atoms with E-state index in [1.54, 1.807) is 22.9 Å². The van der Waals surface area contributed by atoms with Crippen molar-refractivity contribution < 1.29 is 9.13 Å². The SMILES string of the molecule is Cc1c(C2CC2)nc2ccc(-n3ccc(OCc4ccc(F)cn4)cc3=O)cn12. The molecule has 0 unspecified atom stereocenters. The van der Waals surface area contributed by atoms with Crippen LogP contribution >= 0.6 is 0 Å². The first-order chi connectivity index (χ1) is 14.1. The van der Waals surface area contributed by atoms with Gasteiger partial charge in [0.1, 0.15) is 23.8 Å². The zero-order valence-corrected chi connectivity index (χ0v) is 15.9. The van der Waals surface area contributed by atoms with Gasteiger partial charge in [-0.25, -0.2) is 9.37 Å². The van der Waals surface area contributed by atoms with E-state index < -0.39 is 5.82 Å². The molecule has 7 heteroatoms. The third-order valence-corrected chi connectivity index (χ3v) is 5.19. The van der Waals surface area contributed by atoms with Gasteiger partial charge in [0, 0.05) is 30.1 Å². The first-order valence-corrected chi connectivity index (χ1v) is 9.53. The first kappa shape index (κ1) is 17.6. The highest BCUT2D eigenvalue weighted by Gasteiger charge is 2.28. The number of aryl methyl sites for hydroxylation is 1. The number of aromatic nitrogens is 4. The summed E-state index contributed by atoms with van der Waals surface area (Å²) in [7, 11) is 0. The predicted molar refractivity (Wildman–Crippen MR) is 106 cm³/mol. The number of ether oxygens (including phenoxy) is 1. The average Bonchev–Trinajstić information content (AvgIpc) is 3.52. The summed E-state index contributed by atoms with van der Waals surface area (Å²) in [5.74, 6) is 0.618. The maximum absolute atomic E-state index is 12.9. The van der Waals surface area contributed by atoms with E-state index in [9.17, 15) is 9.18 Å². The molecule has 1 fully saturated rings. The molecule has 4 aromatic heterocycles. The molecular formula is C22H19FN4O2. The zero-order valence-electron chi connectivity index (χ0n) is 15.9. The summed E-state index contributed by atoms with van der Waals surface area (Å²) >= 11 is 0. The Morgan fingerprint density at radius 3 is 2.79 bits per heavy atom. The second kappa shape index (κ2) is 6.84. The van der Waals surface area contributed by atoms with Crippen LogP contribution < -0.4 is 10.3 Å². The van der Waals surface area contributed by atoms with Crippen molar-refractivity contribution in [2.24, 2.45) is 0 Å². The Labute approximate surface area is 166 Å². The van der Waals surface area contributed by atoms with Crippen LogP contribution in [0.5, 0.6) is 5.75 Å². The number of halogens is 1. The van der Waals surface area contributed by atoms with Gasteiger partial charge in [0.25, 0.3) is 5.56 Å². The van der Waals surface area contributed by atoms with Crippen LogP contribution in [0.25, 0.3) is 11.3 Å². The van der Waals surface area contributed by atoms with Gasteiger partial charge in [0.2, 0.25) is 0 Å². The predicted octanol–water partition coefficient (Wildman–Crippen LogP) is 3.78. The van der Waals surface area contributed by atoms with Crippen LogP contribution in [0.2, 0.25) is 0 Å². The summed E-state index contributed by atoms with van der Waals surface area (Å²) in [6.07, 6.45) is 7.16. The molecule has 4 aromatic rings. The number of imidazole rings is 1. The van der Waals surface area contributed by atoms with Gasteiger partial charge < -0.3 is 9.14 Å². The Hall–Kier alpha value is -3.48. The highest BCUT2D eigenvalue weighted by atomic mass is 19.1. The van der Waals surface area contributed by atoms with Gasteiger partial charge in [-0.3, -0.25) is 14.3 Å². The fourth-order valence-electron chi connectivity index (χ4n) is 3.47. The molecule has 5 rings (SSSR count). The Balaban J connectivity index is 1.40. The molecule has 1 aliphatic rings. The normalized spacial score (nSPS) is 13.7. The topological polar surface area (TPSA) is 61.4 Å². The van der Waals surface area contributed by atoms with Gasteiger partial charge in [-0.1, -0.05) is 0 Å². The van der Waals surface area contributed by atoms with E-state index in [1.807, 2.05) is 22.7 Å². The van der Waals surface area contributed by atoms with Crippen molar-refractivity contribution in [3.8, 4) is 11.4 Å². The summed E-state index contributed by atoms with van der Waals surface area (Å²) < 4.78 is 22.1. The third kappa shape index (κ3) is 3.40. The van der Waals surface area contributed by atoms with E-state index in [-0.39, 0.29) is 12.2 Å². The van der Waals surface area contributed by atoms with Crippen LogP contribution in [-0.2, 0) is 6.61 Å². The quantitative estimate of drug-likeness (QED) is 0.520. The molecule has 6 nitrogen and oxygen atoms in total. The molecule has 0 spiro atoms. The van der Waals surface area contributed by atoms with Crippen molar-refractivity contribution >= 4 is 5.65 Å². The molecule has 0 aliphatic heterocycles. The molecule has 0 saturated heterocycles. The van der Waals surface area contributed by atoms with Crippen molar-refractivity contribution in [2.45, 2.75) is 32.3 Å². The Bertz CT molecular complexity index is 1260. The highest BCUT2D eigenvalue weighted by Crippen LogP contribution is 2.41. The molecule has 0 bridgehead atoms. The van der Waals surface area contributed by atoms with Crippen molar-refractivity contribution in [2.75, 3.05) is 0 Å². The smallest absolute Gasteiger partial charge is 0.258 e. The maximum atomic E-state index is 12.9. The molecule has 1 aliphatic carbocycles. The molecule has 146 valence electrons. The third-order valence-electron chi connectivity index (χ3n) is 5.19. The van der Waals surface area contributed by atoms with Crippen molar-refractivity contribution in [3.63, 3.8) is 0 Å². The minimum absolute atomic E-state index is 0.161. The number of hydrogen-bond donors (Lipinski definition) is 0. The lowest BCUT2D eigenvalue weighted by atomic mass is 10.2. The average molecular weight is 390 g/mol. The van der Waals surface area contributed by atoms with Crippen LogP contribution in [0.15, 0.2) is 59.8 Å². The number of fused-ring (bicyclic) bond motifs is 1. The molecule has 4 heterocycles. The van der Waals surface area contributed by atoms with Gasteiger partial charge in [0.05, 0.1) is 23.3 Å². The summed E-state index contributed by atoms with van der Waals surface area (Å²) in [6.45, 7) is 2.23. The zero-order chi connectivity index (χ0) is 20.0. The van der Waals surface area contributed by atoms with Crippen molar-refractivity contribution in [3.05, 3.63) is 88.2 Å². The standard InChI is InChI=1S/C22H19FN4O2/c1-14-22(15-2-3-15)25-20-7-6-18(12-27(14)20)26-9-8-19(10-21(26)28)29-13-17-5-4-16(23)11-24-17/h4-12,15H,2-3,13H2,1H3. The Kier molecular flexibility index (Phi) is 4.16. The van der Waals surface area contributed by atoms with Gasteiger partial charge in [-0.2, -0.15) is 0 Å². The van der Waals surface area contributed by atoms with E-state index in [4.69, 9.17) is 9.72 Å². The number of hydrogen-bond acceptors (Lipinski definition) is 4. The first-order valence-electron chi connectivity index (χ1n) is 9.53. The largest absolute Gasteiger partial charge is 0.487 e. The van der Waals surface area contributed by atoms with Gasteiger partial charge in [-0.05, 0) is 50.1 Å². The second-order valence-electron chi connectivity index (χ2n) is 7.30. The fraction of sp³-hybridized carbons (Fsp3) is 0.227. The van der Waals surface area contributed by atoms with Gasteiger partial charge in [0.15, 0.2) is 0 Å². The highest BCUT2D eigenvalue weighted by molar-refractivity contribution is 5.49. The van der Waals surface area contributed by atoms with Crippen molar-refractivity contribution in [1.29, 1.82) is 0 Å². The van der Waals surface area contributed by atoms with Crippen LogP contribution in [0, 0.1) is 12.7 Å². The number of rotatable bonds is 5. The lowest BCUT2D eigenvalue weighted by molar-refractivity contribution is 0.300.